The molecular weight excluding hydrogens is 468 g/mol. The van der Waals surface area contributed by atoms with Crippen molar-refractivity contribution in [2.24, 2.45) is 0 Å². The number of nitrogens with one attached hydrogen (secondary N) is 1. The summed E-state index contributed by atoms with van der Waals surface area (Å²) in [5, 5.41) is 13.0. The maximum absolute atomic E-state index is 12.3. The minimum absolute atomic E-state index is 0.0130. The Kier molecular flexibility index (Phi) is 7.34. The Morgan fingerprint density at radius 2 is 1.74 bits per heavy atom. The molecule has 0 saturated heterocycles. The lowest BCUT2D eigenvalue weighted by Gasteiger charge is -2.05. The van der Waals surface area contributed by atoms with Gasteiger partial charge in [-0.3, -0.25) is 9.59 Å². The largest absolute Gasteiger partial charge is 0.497 e. The van der Waals surface area contributed by atoms with Gasteiger partial charge in [0.15, 0.2) is 5.78 Å². The molecule has 1 amide bonds. The van der Waals surface area contributed by atoms with E-state index in [1.165, 1.54) is 18.7 Å². The zero-order chi connectivity index (χ0) is 24.1. The molecule has 9 heteroatoms. The molecule has 4 aromatic rings. The number of hydrogen-bond acceptors (Lipinski definition) is 8. The first-order chi connectivity index (χ1) is 16.4. The summed E-state index contributed by atoms with van der Waals surface area (Å²) >= 11 is 2.87. The summed E-state index contributed by atoms with van der Waals surface area (Å²) in [4.78, 5) is 29.2. The standard InChI is InChI=1S/C25H22N4O3S2/c1-15-24(34-25(26-15)18-6-10-20(32-3)11-7-18)21-12-13-23(29-28-21)33-14-22(31)27-19-8-4-17(5-9-19)16(2)30/h4-13H,14H2,1-3H3,(H,27,31). The Labute approximate surface area is 205 Å². The van der Waals surface area contributed by atoms with Crippen LogP contribution in [0.3, 0.4) is 0 Å². The van der Waals surface area contributed by atoms with Gasteiger partial charge in [0.25, 0.3) is 0 Å². The normalized spacial score (nSPS) is 10.7. The van der Waals surface area contributed by atoms with Gasteiger partial charge in [0.05, 0.1) is 23.4 Å². The number of carbonyl (C=O) groups is 2. The van der Waals surface area contributed by atoms with Crippen LogP contribution >= 0.6 is 23.1 Å². The van der Waals surface area contributed by atoms with Crippen molar-refractivity contribution in [1.82, 2.24) is 15.2 Å². The van der Waals surface area contributed by atoms with Gasteiger partial charge in [0.1, 0.15) is 21.5 Å². The molecule has 172 valence electrons. The molecule has 0 aliphatic carbocycles. The third-order valence-corrected chi connectivity index (χ3v) is 7.08. The molecule has 0 unspecified atom stereocenters. The van der Waals surface area contributed by atoms with Crippen molar-refractivity contribution in [2.45, 2.75) is 18.9 Å². The molecule has 0 radical (unpaired) electrons. The average Bonchev–Trinajstić information content (AvgIpc) is 3.25. The minimum atomic E-state index is -0.158. The van der Waals surface area contributed by atoms with Gasteiger partial charge in [-0.2, -0.15) is 0 Å². The number of hydrogen-bond donors (Lipinski definition) is 1. The number of rotatable bonds is 8. The van der Waals surface area contributed by atoms with Crippen molar-refractivity contribution in [2.75, 3.05) is 18.2 Å². The zero-order valence-electron chi connectivity index (χ0n) is 18.9. The van der Waals surface area contributed by atoms with E-state index in [9.17, 15) is 9.59 Å². The molecule has 0 aliphatic rings. The van der Waals surface area contributed by atoms with Crippen LogP contribution in [0.1, 0.15) is 23.0 Å². The van der Waals surface area contributed by atoms with Crippen molar-refractivity contribution in [3.05, 3.63) is 71.9 Å². The fourth-order valence-corrected chi connectivity index (χ4v) is 4.78. The molecule has 0 spiro atoms. The van der Waals surface area contributed by atoms with Crippen LogP contribution in [0.5, 0.6) is 5.75 Å². The van der Waals surface area contributed by atoms with E-state index in [1.807, 2.05) is 43.3 Å². The topological polar surface area (TPSA) is 94.1 Å². The maximum Gasteiger partial charge on any atom is 0.234 e. The van der Waals surface area contributed by atoms with E-state index in [0.29, 0.717) is 16.3 Å². The van der Waals surface area contributed by atoms with Gasteiger partial charge < -0.3 is 10.1 Å². The summed E-state index contributed by atoms with van der Waals surface area (Å²) < 4.78 is 5.22. The van der Waals surface area contributed by atoms with Crippen LogP contribution in [0.25, 0.3) is 21.1 Å². The zero-order valence-corrected chi connectivity index (χ0v) is 20.5. The number of ketones is 1. The highest BCUT2D eigenvalue weighted by atomic mass is 32.2. The Morgan fingerprint density at radius 1 is 1.00 bits per heavy atom. The first-order valence-corrected chi connectivity index (χ1v) is 12.2. The molecule has 0 bridgehead atoms. The third kappa shape index (κ3) is 5.67. The number of ether oxygens (including phenoxy) is 1. The Hall–Kier alpha value is -3.56. The summed E-state index contributed by atoms with van der Waals surface area (Å²) in [6.07, 6.45) is 0. The number of aryl methyl sites for hydroxylation is 1. The fourth-order valence-electron chi connectivity index (χ4n) is 3.13. The lowest BCUT2D eigenvalue weighted by Crippen LogP contribution is -2.14. The number of carbonyl (C=O) groups excluding carboxylic acids is 2. The molecule has 1 N–H and O–H groups in total. The lowest BCUT2D eigenvalue weighted by molar-refractivity contribution is -0.113. The van der Waals surface area contributed by atoms with Crippen LogP contribution in [-0.2, 0) is 4.79 Å². The summed E-state index contributed by atoms with van der Waals surface area (Å²) in [6, 6.07) is 18.3. The average molecular weight is 491 g/mol. The summed E-state index contributed by atoms with van der Waals surface area (Å²) in [5.74, 6) is 0.828. The summed E-state index contributed by atoms with van der Waals surface area (Å²) in [5.41, 5.74) is 3.90. The molecule has 7 nitrogen and oxygen atoms in total. The number of thioether (sulfide) groups is 1. The highest BCUT2D eigenvalue weighted by Crippen LogP contribution is 2.35. The van der Waals surface area contributed by atoms with Crippen molar-refractivity contribution in [1.29, 1.82) is 0 Å². The van der Waals surface area contributed by atoms with Gasteiger partial charge in [-0.05, 0) is 74.5 Å². The van der Waals surface area contributed by atoms with Crippen LogP contribution in [-0.4, -0.2) is 39.7 Å². The van der Waals surface area contributed by atoms with Crippen molar-refractivity contribution >= 4 is 40.5 Å². The molecule has 2 aromatic heterocycles. The monoisotopic (exact) mass is 490 g/mol. The Bertz CT molecular complexity index is 1300. The van der Waals surface area contributed by atoms with Crippen LogP contribution in [0.2, 0.25) is 0 Å². The van der Waals surface area contributed by atoms with Crippen LogP contribution in [0.4, 0.5) is 5.69 Å². The maximum atomic E-state index is 12.3. The summed E-state index contributed by atoms with van der Waals surface area (Å²) in [7, 11) is 1.64. The first-order valence-electron chi connectivity index (χ1n) is 10.4. The van der Waals surface area contributed by atoms with Crippen molar-refractivity contribution < 1.29 is 14.3 Å². The molecule has 2 heterocycles. The number of benzene rings is 2. The van der Waals surface area contributed by atoms with Crippen LogP contribution in [0.15, 0.2) is 65.7 Å². The van der Waals surface area contributed by atoms with Crippen LogP contribution in [0, 0.1) is 6.92 Å². The van der Waals surface area contributed by atoms with Crippen molar-refractivity contribution in [3.63, 3.8) is 0 Å². The molecule has 34 heavy (non-hydrogen) atoms. The van der Waals surface area contributed by atoms with Gasteiger partial charge in [-0.25, -0.2) is 4.98 Å². The minimum Gasteiger partial charge on any atom is -0.497 e. The second-order valence-electron chi connectivity index (χ2n) is 7.39. The van der Waals surface area contributed by atoms with E-state index in [1.54, 1.807) is 42.7 Å². The number of methoxy groups -OCH3 is 1. The third-order valence-electron chi connectivity index (χ3n) is 4.93. The number of nitrogens with zero attached hydrogens (tertiary/aromatic N) is 3. The van der Waals surface area contributed by atoms with Gasteiger partial charge in [-0.1, -0.05) is 11.8 Å². The van der Waals surface area contributed by atoms with E-state index in [0.717, 1.165) is 32.6 Å². The fraction of sp³-hybridized carbons (Fsp3) is 0.160. The van der Waals surface area contributed by atoms with Crippen LogP contribution < -0.4 is 10.1 Å². The number of Topliss-reactive ketones (excluding diaryl/α,β-unsaturated/α-hetero) is 1. The SMILES string of the molecule is COc1ccc(-c2nc(C)c(-c3ccc(SCC(=O)Nc4ccc(C(C)=O)cc4)nn3)s2)cc1. The second kappa shape index (κ2) is 10.6. The molecular formula is C25H22N4O3S2. The van der Waals surface area contributed by atoms with E-state index < -0.39 is 0 Å². The number of thiazole rings is 1. The smallest absolute Gasteiger partial charge is 0.234 e. The van der Waals surface area contributed by atoms with E-state index in [-0.39, 0.29) is 17.4 Å². The Balaban J connectivity index is 1.37. The predicted octanol–water partition coefficient (Wildman–Crippen LogP) is 5.52. The van der Waals surface area contributed by atoms with E-state index >= 15 is 0 Å². The summed E-state index contributed by atoms with van der Waals surface area (Å²) in [6.45, 7) is 3.46. The number of anilines is 1. The molecule has 4 rings (SSSR count). The quantitative estimate of drug-likeness (QED) is 0.257. The highest BCUT2D eigenvalue weighted by Gasteiger charge is 2.14. The highest BCUT2D eigenvalue weighted by molar-refractivity contribution is 7.99. The number of amides is 1. The molecule has 0 aliphatic heterocycles. The first kappa shape index (κ1) is 23.6. The second-order valence-corrected chi connectivity index (χ2v) is 9.38. The van der Waals surface area contributed by atoms with Crippen molar-refractivity contribution in [3.8, 4) is 26.9 Å². The molecule has 0 atom stereocenters. The molecule has 2 aromatic carbocycles. The molecule has 0 saturated carbocycles. The number of aromatic nitrogens is 3. The van der Waals surface area contributed by atoms with Gasteiger partial charge in [0.2, 0.25) is 5.91 Å². The van der Waals surface area contributed by atoms with E-state index in [4.69, 9.17) is 4.74 Å². The Morgan fingerprint density at radius 3 is 2.35 bits per heavy atom. The molecule has 0 fully saturated rings. The van der Waals surface area contributed by atoms with Gasteiger partial charge in [-0.15, -0.1) is 21.5 Å². The van der Waals surface area contributed by atoms with Gasteiger partial charge >= 0.3 is 0 Å². The lowest BCUT2D eigenvalue weighted by atomic mass is 10.1. The van der Waals surface area contributed by atoms with E-state index in [2.05, 4.69) is 20.5 Å². The van der Waals surface area contributed by atoms with Gasteiger partial charge in [0, 0.05) is 16.8 Å². The predicted molar refractivity (Wildman–Crippen MR) is 136 cm³/mol.